The van der Waals surface area contributed by atoms with Gasteiger partial charge in [0.25, 0.3) is 0 Å². The van der Waals surface area contributed by atoms with E-state index in [1.54, 1.807) is 30.3 Å². The summed E-state index contributed by atoms with van der Waals surface area (Å²) in [4.78, 5) is 12.3. The summed E-state index contributed by atoms with van der Waals surface area (Å²) in [6, 6.07) is 11.7. The van der Waals surface area contributed by atoms with E-state index >= 15 is 0 Å². The second-order valence-corrected chi connectivity index (χ2v) is 5.80. The SMILES string of the molecule is CC(C)Oc1cccc(C(=O)Cc2cccc(F)c2Br)c1. The summed E-state index contributed by atoms with van der Waals surface area (Å²) >= 11 is 3.18. The lowest BCUT2D eigenvalue weighted by Crippen LogP contribution is -2.08. The highest BCUT2D eigenvalue weighted by Gasteiger charge is 2.12. The van der Waals surface area contributed by atoms with Crippen LogP contribution in [0.2, 0.25) is 0 Å². The van der Waals surface area contributed by atoms with Crippen molar-refractivity contribution >= 4 is 21.7 Å². The number of ether oxygens (including phenoxy) is 1. The van der Waals surface area contributed by atoms with Crippen molar-refractivity contribution in [2.75, 3.05) is 0 Å². The van der Waals surface area contributed by atoms with Crippen molar-refractivity contribution in [3.05, 3.63) is 63.9 Å². The third kappa shape index (κ3) is 4.14. The maximum absolute atomic E-state index is 13.5. The van der Waals surface area contributed by atoms with Gasteiger partial charge in [-0.1, -0.05) is 24.3 Å². The van der Waals surface area contributed by atoms with Crippen LogP contribution in [0.5, 0.6) is 5.75 Å². The Bertz CT molecular complexity index is 653. The normalized spacial score (nSPS) is 10.7. The lowest BCUT2D eigenvalue weighted by Gasteiger charge is -2.11. The second-order valence-electron chi connectivity index (χ2n) is 5.01. The van der Waals surface area contributed by atoms with Gasteiger partial charge in [-0.2, -0.15) is 0 Å². The molecule has 2 aromatic rings. The van der Waals surface area contributed by atoms with Crippen molar-refractivity contribution in [2.45, 2.75) is 26.4 Å². The smallest absolute Gasteiger partial charge is 0.167 e. The fourth-order valence-corrected chi connectivity index (χ4v) is 2.38. The predicted octanol–water partition coefficient (Wildman–Crippen LogP) is 4.80. The topological polar surface area (TPSA) is 26.3 Å². The molecule has 4 heteroatoms. The van der Waals surface area contributed by atoms with Gasteiger partial charge in [0, 0.05) is 12.0 Å². The molecular weight excluding hydrogens is 335 g/mol. The maximum Gasteiger partial charge on any atom is 0.167 e. The number of benzene rings is 2. The zero-order chi connectivity index (χ0) is 15.4. The minimum absolute atomic E-state index is 0.0488. The van der Waals surface area contributed by atoms with E-state index in [-0.39, 0.29) is 24.1 Å². The molecule has 0 heterocycles. The maximum atomic E-state index is 13.5. The zero-order valence-corrected chi connectivity index (χ0v) is 13.5. The monoisotopic (exact) mass is 350 g/mol. The summed E-state index contributed by atoms with van der Waals surface area (Å²) in [5.74, 6) is 0.224. The lowest BCUT2D eigenvalue weighted by atomic mass is 10.0. The molecule has 21 heavy (non-hydrogen) atoms. The third-order valence-electron chi connectivity index (χ3n) is 2.91. The van der Waals surface area contributed by atoms with Crippen molar-refractivity contribution in [2.24, 2.45) is 0 Å². The van der Waals surface area contributed by atoms with E-state index in [9.17, 15) is 9.18 Å². The van der Waals surface area contributed by atoms with Gasteiger partial charge >= 0.3 is 0 Å². The summed E-state index contributed by atoms with van der Waals surface area (Å²) in [7, 11) is 0. The van der Waals surface area contributed by atoms with Crippen LogP contribution < -0.4 is 4.74 Å². The van der Waals surface area contributed by atoms with Crippen LogP contribution in [0.15, 0.2) is 46.9 Å². The first-order valence-electron chi connectivity index (χ1n) is 6.70. The molecule has 0 unspecified atom stereocenters. The molecule has 0 aliphatic rings. The zero-order valence-electron chi connectivity index (χ0n) is 11.9. The summed E-state index contributed by atoms with van der Waals surface area (Å²) in [5.41, 5.74) is 1.19. The molecule has 0 aromatic heterocycles. The largest absolute Gasteiger partial charge is 0.491 e. The Hall–Kier alpha value is -1.68. The average molecular weight is 351 g/mol. The summed E-state index contributed by atoms with van der Waals surface area (Å²) < 4.78 is 19.4. The fourth-order valence-electron chi connectivity index (χ4n) is 1.98. The van der Waals surface area contributed by atoms with Gasteiger partial charge in [0.05, 0.1) is 10.6 Å². The standard InChI is InChI=1S/C17H16BrFO2/c1-11(2)21-14-7-3-5-12(9-14)16(20)10-13-6-4-8-15(19)17(13)18/h3-9,11H,10H2,1-2H3. The van der Waals surface area contributed by atoms with Gasteiger partial charge in [-0.15, -0.1) is 0 Å². The molecule has 2 rings (SSSR count). The molecule has 0 saturated carbocycles. The molecule has 0 spiro atoms. The Balaban J connectivity index is 2.18. The van der Waals surface area contributed by atoms with Crippen LogP contribution in [0, 0.1) is 5.82 Å². The van der Waals surface area contributed by atoms with Crippen LogP contribution in [-0.4, -0.2) is 11.9 Å². The van der Waals surface area contributed by atoms with E-state index < -0.39 is 0 Å². The van der Waals surface area contributed by atoms with Crippen LogP contribution in [0.4, 0.5) is 4.39 Å². The average Bonchev–Trinajstić information content (AvgIpc) is 2.43. The van der Waals surface area contributed by atoms with E-state index in [2.05, 4.69) is 15.9 Å². The Morgan fingerprint density at radius 1 is 1.24 bits per heavy atom. The van der Waals surface area contributed by atoms with Gasteiger partial charge in [0.2, 0.25) is 0 Å². The van der Waals surface area contributed by atoms with E-state index in [1.807, 2.05) is 19.9 Å². The number of carbonyl (C=O) groups is 1. The van der Waals surface area contributed by atoms with Gasteiger partial charge in [-0.25, -0.2) is 4.39 Å². The number of ketones is 1. The molecule has 0 aliphatic heterocycles. The molecule has 2 nitrogen and oxygen atoms in total. The molecule has 0 fully saturated rings. The number of carbonyl (C=O) groups excluding carboxylic acids is 1. The lowest BCUT2D eigenvalue weighted by molar-refractivity contribution is 0.0992. The molecule has 0 atom stereocenters. The number of hydrogen-bond donors (Lipinski definition) is 0. The van der Waals surface area contributed by atoms with Crippen molar-refractivity contribution < 1.29 is 13.9 Å². The highest BCUT2D eigenvalue weighted by atomic mass is 79.9. The van der Waals surface area contributed by atoms with Gasteiger partial charge < -0.3 is 4.74 Å². The molecule has 0 aliphatic carbocycles. The quantitative estimate of drug-likeness (QED) is 0.724. The second kappa shape index (κ2) is 6.85. The minimum atomic E-state index is -0.364. The van der Waals surface area contributed by atoms with Crippen LogP contribution >= 0.6 is 15.9 Å². The summed E-state index contributed by atoms with van der Waals surface area (Å²) in [6.07, 6.45) is 0.191. The van der Waals surface area contributed by atoms with Gasteiger partial charge in [-0.3, -0.25) is 4.79 Å². The van der Waals surface area contributed by atoms with Gasteiger partial charge in [0.15, 0.2) is 5.78 Å². The van der Waals surface area contributed by atoms with E-state index in [4.69, 9.17) is 4.74 Å². The first-order chi connectivity index (χ1) is 9.97. The summed E-state index contributed by atoms with van der Waals surface area (Å²) in [5, 5.41) is 0. The van der Waals surface area contributed by atoms with Crippen LogP contribution in [0.25, 0.3) is 0 Å². The van der Waals surface area contributed by atoms with Crippen LogP contribution in [0.3, 0.4) is 0 Å². The van der Waals surface area contributed by atoms with Crippen LogP contribution in [-0.2, 0) is 6.42 Å². The van der Waals surface area contributed by atoms with Crippen molar-refractivity contribution in [3.63, 3.8) is 0 Å². The first kappa shape index (κ1) is 15.7. The third-order valence-corrected chi connectivity index (χ3v) is 3.80. The van der Waals surface area contributed by atoms with Crippen LogP contribution in [0.1, 0.15) is 29.8 Å². The highest BCUT2D eigenvalue weighted by Crippen LogP contribution is 2.23. The Labute approximate surface area is 132 Å². The number of halogens is 2. The van der Waals surface area contributed by atoms with Crippen molar-refractivity contribution in [1.29, 1.82) is 0 Å². The Morgan fingerprint density at radius 3 is 2.67 bits per heavy atom. The Morgan fingerprint density at radius 2 is 1.95 bits per heavy atom. The molecule has 0 bridgehead atoms. The Kier molecular flexibility index (Phi) is 5.12. The molecule has 0 radical (unpaired) electrons. The molecule has 0 N–H and O–H groups in total. The molecule has 2 aromatic carbocycles. The number of rotatable bonds is 5. The predicted molar refractivity (Wildman–Crippen MR) is 84.3 cm³/mol. The first-order valence-corrected chi connectivity index (χ1v) is 7.49. The van der Waals surface area contributed by atoms with Gasteiger partial charge in [-0.05, 0) is 53.5 Å². The fraction of sp³-hybridized carbons (Fsp3) is 0.235. The molecular formula is C17H16BrFO2. The molecule has 110 valence electrons. The number of Topliss-reactive ketones (excluding diaryl/α,β-unsaturated/α-hetero) is 1. The molecule has 0 saturated heterocycles. The summed E-state index contributed by atoms with van der Waals surface area (Å²) in [6.45, 7) is 3.86. The van der Waals surface area contributed by atoms with Crippen molar-refractivity contribution in [1.82, 2.24) is 0 Å². The van der Waals surface area contributed by atoms with Gasteiger partial charge in [0.1, 0.15) is 11.6 Å². The van der Waals surface area contributed by atoms with E-state index in [0.29, 0.717) is 21.3 Å². The van der Waals surface area contributed by atoms with E-state index in [1.165, 1.54) is 6.07 Å². The molecule has 0 amide bonds. The van der Waals surface area contributed by atoms with E-state index in [0.717, 1.165) is 0 Å². The highest BCUT2D eigenvalue weighted by molar-refractivity contribution is 9.10. The number of hydrogen-bond acceptors (Lipinski definition) is 2. The van der Waals surface area contributed by atoms with Crippen molar-refractivity contribution in [3.8, 4) is 5.75 Å². The minimum Gasteiger partial charge on any atom is -0.491 e.